The van der Waals surface area contributed by atoms with E-state index >= 15 is 0 Å². The molecule has 1 spiro atoms. The summed E-state index contributed by atoms with van der Waals surface area (Å²) in [6.45, 7) is 4.98. The Bertz CT molecular complexity index is 945. The van der Waals surface area contributed by atoms with E-state index in [0.717, 1.165) is 81.3 Å². The van der Waals surface area contributed by atoms with E-state index in [1.54, 1.807) is 12.4 Å². The predicted octanol–water partition coefficient (Wildman–Crippen LogP) is 3.63. The molecule has 1 atom stereocenters. The van der Waals surface area contributed by atoms with Crippen molar-refractivity contribution in [3.8, 4) is 11.4 Å². The van der Waals surface area contributed by atoms with Crippen LogP contribution in [0.15, 0.2) is 33.6 Å². The Morgan fingerprint density at radius 3 is 2.86 bits per heavy atom. The van der Waals surface area contributed by atoms with E-state index in [9.17, 15) is 0 Å². The number of nitrogens with zero attached hydrogens (tertiary/aromatic N) is 6. The molecule has 0 aromatic carbocycles. The van der Waals surface area contributed by atoms with Crippen LogP contribution in [0.2, 0.25) is 0 Å². The van der Waals surface area contributed by atoms with Gasteiger partial charge in [-0.05, 0) is 56.3 Å². The average molecular weight is 394 g/mol. The average Bonchev–Trinajstić information content (AvgIpc) is 3.12. The van der Waals surface area contributed by atoms with Crippen molar-refractivity contribution in [3.63, 3.8) is 0 Å². The molecular formula is C21H26N6O2. The van der Waals surface area contributed by atoms with Crippen LogP contribution in [0.1, 0.15) is 62.6 Å². The maximum absolute atomic E-state index is 5.59. The SMILES string of the molecule is CCCCc1noc(CN2CCC3(CC2)CC3c2nc(-c3cccnc3)no2)n1. The highest BCUT2D eigenvalue weighted by Gasteiger charge is 2.58. The summed E-state index contributed by atoms with van der Waals surface area (Å²) in [6.07, 6.45) is 10.1. The monoisotopic (exact) mass is 394 g/mol. The second kappa shape index (κ2) is 7.67. The van der Waals surface area contributed by atoms with Gasteiger partial charge in [-0.15, -0.1) is 0 Å². The first kappa shape index (κ1) is 18.4. The highest BCUT2D eigenvalue weighted by Crippen LogP contribution is 2.64. The quantitative estimate of drug-likeness (QED) is 0.600. The number of hydrogen-bond donors (Lipinski definition) is 0. The highest BCUT2D eigenvalue weighted by molar-refractivity contribution is 5.52. The van der Waals surface area contributed by atoms with Crippen molar-refractivity contribution >= 4 is 0 Å². The molecule has 5 rings (SSSR count). The largest absolute Gasteiger partial charge is 0.339 e. The fourth-order valence-electron chi connectivity index (χ4n) is 4.38. The molecule has 4 heterocycles. The van der Waals surface area contributed by atoms with Crippen molar-refractivity contribution in [2.45, 2.75) is 57.9 Å². The number of piperidine rings is 1. The van der Waals surface area contributed by atoms with Crippen LogP contribution in [0.3, 0.4) is 0 Å². The molecule has 0 amide bonds. The molecule has 152 valence electrons. The standard InChI is InChI=1S/C21H26N6O2/c1-2-3-6-17-23-18(28-25-17)14-27-10-7-21(8-11-27)12-16(21)20-24-19(26-29-20)15-5-4-9-22-13-15/h4-5,9,13,16H,2-3,6-8,10-12,14H2,1H3. The van der Waals surface area contributed by atoms with E-state index < -0.39 is 0 Å². The van der Waals surface area contributed by atoms with Crippen LogP contribution in [-0.4, -0.2) is 43.3 Å². The van der Waals surface area contributed by atoms with E-state index in [0.29, 0.717) is 17.2 Å². The van der Waals surface area contributed by atoms with Gasteiger partial charge in [0.25, 0.3) is 0 Å². The van der Waals surface area contributed by atoms with Gasteiger partial charge in [0.05, 0.1) is 6.54 Å². The number of aryl methyl sites for hydroxylation is 1. The number of likely N-dealkylation sites (tertiary alicyclic amines) is 1. The smallest absolute Gasteiger partial charge is 0.240 e. The van der Waals surface area contributed by atoms with E-state index in [1.807, 2.05) is 12.1 Å². The maximum Gasteiger partial charge on any atom is 0.240 e. The van der Waals surface area contributed by atoms with E-state index in [1.165, 1.54) is 0 Å². The summed E-state index contributed by atoms with van der Waals surface area (Å²) in [5, 5.41) is 8.25. The molecule has 2 fully saturated rings. The molecule has 29 heavy (non-hydrogen) atoms. The molecule has 2 aliphatic rings. The number of unbranched alkanes of at least 4 members (excludes halogenated alkanes) is 1. The van der Waals surface area contributed by atoms with Crippen molar-refractivity contribution in [3.05, 3.63) is 42.1 Å². The summed E-state index contributed by atoms with van der Waals surface area (Å²) in [4.78, 5) is 15.7. The Morgan fingerprint density at radius 2 is 2.07 bits per heavy atom. The van der Waals surface area contributed by atoms with Crippen LogP contribution in [0.4, 0.5) is 0 Å². The minimum atomic E-state index is 0.316. The zero-order valence-electron chi connectivity index (χ0n) is 16.8. The summed E-state index contributed by atoms with van der Waals surface area (Å²) in [6, 6.07) is 3.84. The fourth-order valence-corrected chi connectivity index (χ4v) is 4.38. The third-order valence-electron chi connectivity index (χ3n) is 6.32. The highest BCUT2D eigenvalue weighted by atomic mass is 16.5. The predicted molar refractivity (Wildman–Crippen MR) is 105 cm³/mol. The summed E-state index contributed by atoms with van der Waals surface area (Å²) < 4.78 is 11.0. The summed E-state index contributed by atoms with van der Waals surface area (Å²) >= 11 is 0. The lowest BCUT2D eigenvalue weighted by Gasteiger charge is -2.31. The Kier molecular flexibility index (Phi) is 4.87. The van der Waals surface area contributed by atoms with Gasteiger partial charge >= 0.3 is 0 Å². The normalized spacial score (nSPS) is 20.9. The molecule has 3 aromatic heterocycles. The summed E-state index contributed by atoms with van der Waals surface area (Å²) in [5.41, 5.74) is 1.21. The second-order valence-electron chi connectivity index (χ2n) is 8.30. The molecule has 8 nitrogen and oxygen atoms in total. The van der Waals surface area contributed by atoms with E-state index in [2.05, 4.69) is 37.1 Å². The van der Waals surface area contributed by atoms with Gasteiger partial charge in [0.15, 0.2) is 5.82 Å². The van der Waals surface area contributed by atoms with Crippen molar-refractivity contribution in [2.24, 2.45) is 5.41 Å². The first-order valence-corrected chi connectivity index (χ1v) is 10.5. The van der Waals surface area contributed by atoms with Gasteiger partial charge in [0.2, 0.25) is 17.6 Å². The zero-order chi connectivity index (χ0) is 19.7. The molecule has 1 aliphatic heterocycles. The Hall–Kier alpha value is -2.61. The molecule has 1 saturated heterocycles. The van der Waals surface area contributed by atoms with Gasteiger partial charge < -0.3 is 9.05 Å². The molecule has 3 aromatic rings. The van der Waals surface area contributed by atoms with Crippen molar-refractivity contribution in [2.75, 3.05) is 13.1 Å². The topological polar surface area (TPSA) is 94.0 Å². The van der Waals surface area contributed by atoms with E-state index in [4.69, 9.17) is 9.05 Å². The van der Waals surface area contributed by atoms with Crippen LogP contribution in [0.5, 0.6) is 0 Å². The van der Waals surface area contributed by atoms with Crippen molar-refractivity contribution < 1.29 is 9.05 Å². The third kappa shape index (κ3) is 3.81. The Balaban J connectivity index is 1.16. The third-order valence-corrected chi connectivity index (χ3v) is 6.32. The first-order chi connectivity index (χ1) is 14.3. The number of hydrogen-bond acceptors (Lipinski definition) is 8. The minimum Gasteiger partial charge on any atom is -0.339 e. The van der Waals surface area contributed by atoms with Crippen LogP contribution in [-0.2, 0) is 13.0 Å². The van der Waals surface area contributed by atoms with Gasteiger partial charge in [-0.1, -0.05) is 23.7 Å². The van der Waals surface area contributed by atoms with Gasteiger partial charge in [-0.2, -0.15) is 9.97 Å². The summed E-state index contributed by atoms with van der Waals surface area (Å²) in [5.74, 6) is 3.35. The molecule has 0 N–H and O–H groups in total. The molecule has 0 radical (unpaired) electrons. The number of aromatic nitrogens is 5. The molecule has 8 heteroatoms. The first-order valence-electron chi connectivity index (χ1n) is 10.5. The molecule has 1 unspecified atom stereocenters. The van der Waals surface area contributed by atoms with Gasteiger partial charge in [-0.3, -0.25) is 9.88 Å². The second-order valence-corrected chi connectivity index (χ2v) is 8.30. The lowest BCUT2D eigenvalue weighted by molar-refractivity contribution is 0.144. The summed E-state index contributed by atoms with van der Waals surface area (Å²) in [7, 11) is 0. The van der Waals surface area contributed by atoms with Crippen molar-refractivity contribution in [1.29, 1.82) is 0 Å². The lowest BCUT2D eigenvalue weighted by Crippen LogP contribution is -2.34. The number of pyridine rings is 1. The van der Waals surface area contributed by atoms with Crippen LogP contribution in [0, 0.1) is 5.41 Å². The number of rotatable bonds is 7. The molecule has 0 bridgehead atoms. The molecule has 1 saturated carbocycles. The van der Waals surface area contributed by atoms with Crippen LogP contribution < -0.4 is 0 Å². The van der Waals surface area contributed by atoms with Gasteiger partial charge in [-0.25, -0.2) is 0 Å². The van der Waals surface area contributed by atoms with Crippen LogP contribution in [0.25, 0.3) is 11.4 Å². The lowest BCUT2D eigenvalue weighted by atomic mass is 9.91. The molecular weight excluding hydrogens is 368 g/mol. The Labute approximate surface area is 169 Å². The maximum atomic E-state index is 5.59. The zero-order valence-corrected chi connectivity index (χ0v) is 16.8. The van der Waals surface area contributed by atoms with Gasteiger partial charge in [0, 0.05) is 30.3 Å². The van der Waals surface area contributed by atoms with Crippen LogP contribution >= 0.6 is 0 Å². The Morgan fingerprint density at radius 1 is 1.17 bits per heavy atom. The fraction of sp³-hybridized carbons (Fsp3) is 0.571. The minimum absolute atomic E-state index is 0.316. The van der Waals surface area contributed by atoms with Gasteiger partial charge in [0.1, 0.15) is 0 Å². The van der Waals surface area contributed by atoms with E-state index in [-0.39, 0.29) is 0 Å². The van der Waals surface area contributed by atoms with Crippen molar-refractivity contribution in [1.82, 2.24) is 30.2 Å². The molecule has 1 aliphatic carbocycles.